The maximum absolute atomic E-state index is 12.1. The standard InChI is InChI=1S/C13H18N4O2/c1-4-10-11(14)12(17(3)16-10)13(18)15-7-9-6-5-8(2)19-9/h5-6H,4,7,14H2,1-3H3,(H,15,18). The average Bonchev–Trinajstić information content (AvgIpc) is 2.90. The van der Waals surface area contributed by atoms with Crippen LogP contribution in [-0.2, 0) is 20.0 Å². The van der Waals surface area contributed by atoms with Gasteiger partial charge in [0.1, 0.15) is 17.2 Å². The van der Waals surface area contributed by atoms with Gasteiger partial charge in [-0.25, -0.2) is 0 Å². The number of nitrogen functional groups attached to an aromatic ring is 1. The van der Waals surface area contributed by atoms with Crippen LogP contribution in [0.4, 0.5) is 5.69 Å². The van der Waals surface area contributed by atoms with E-state index in [4.69, 9.17) is 10.2 Å². The predicted molar refractivity (Wildman–Crippen MR) is 71.6 cm³/mol. The van der Waals surface area contributed by atoms with Gasteiger partial charge in [-0.2, -0.15) is 5.10 Å². The molecule has 0 aliphatic carbocycles. The van der Waals surface area contributed by atoms with E-state index >= 15 is 0 Å². The Morgan fingerprint density at radius 3 is 2.79 bits per heavy atom. The Bertz CT molecular complexity index is 598. The van der Waals surface area contributed by atoms with Crippen LogP contribution in [0, 0.1) is 6.92 Å². The number of nitrogens with one attached hydrogen (secondary N) is 1. The van der Waals surface area contributed by atoms with Crippen LogP contribution in [0.25, 0.3) is 0 Å². The second kappa shape index (κ2) is 5.17. The first-order valence-corrected chi connectivity index (χ1v) is 6.17. The fraction of sp³-hybridized carbons (Fsp3) is 0.385. The van der Waals surface area contributed by atoms with E-state index in [-0.39, 0.29) is 5.91 Å². The molecule has 6 heteroatoms. The molecule has 0 saturated carbocycles. The second-order valence-corrected chi connectivity index (χ2v) is 4.38. The summed E-state index contributed by atoms with van der Waals surface area (Å²) in [5, 5.41) is 6.99. The number of carbonyl (C=O) groups excluding carboxylic acids is 1. The van der Waals surface area contributed by atoms with Gasteiger partial charge in [0.2, 0.25) is 0 Å². The molecule has 0 saturated heterocycles. The van der Waals surface area contributed by atoms with Crippen LogP contribution >= 0.6 is 0 Å². The Hall–Kier alpha value is -2.24. The van der Waals surface area contributed by atoms with Crippen molar-refractivity contribution in [1.29, 1.82) is 0 Å². The number of aromatic nitrogens is 2. The van der Waals surface area contributed by atoms with Crippen molar-refractivity contribution in [2.75, 3.05) is 5.73 Å². The molecule has 3 N–H and O–H groups in total. The third kappa shape index (κ3) is 2.62. The fourth-order valence-electron chi connectivity index (χ4n) is 1.96. The van der Waals surface area contributed by atoms with Gasteiger partial charge < -0.3 is 15.5 Å². The van der Waals surface area contributed by atoms with Crippen LogP contribution in [0.2, 0.25) is 0 Å². The van der Waals surface area contributed by atoms with Gasteiger partial charge in [0.05, 0.1) is 17.9 Å². The molecule has 2 rings (SSSR count). The number of amides is 1. The minimum Gasteiger partial charge on any atom is -0.465 e. The first-order chi connectivity index (χ1) is 9.02. The molecule has 2 heterocycles. The highest BCUT2D eigenvalue weighted by atomic mass is 16.3. The van der Waals surface area contributed by atoms with Gasteiger partial charge in [-0.05, 0) is 25.5 Å². The van der Waals surface area contributed by atoms with Crippen molar-refractivity contribution < 1.29 is 9.21 Å². The number of aryl methyl sites for hydroxylation is 3. The van der Waals surface area contributed by atoms with Crippen LogP contribution in [0.3, 0.4) is 0 Å². The van der Waals surface area contributed by atoms with E-state index in [1.54, 1.807) is 7.05 Å². The van der Waals surface area contributed by atoms with Crippen LogP contribution in [0.5, 0.6) is 0 Å². The van der Waals surface area contributed by atoms with Crippen LogP contribution in [-0.4, -0.2) is 15.7 Å². The molecule has 1 amide bonds. The maximum Gasteiger partial charge on any atom is 0.272 e. The van der Waals surface area contributed by atoms with Gasteiger partial charge in [-0.15, -0.1) is 0 Å². The third-order valence-electron chi connectivity index (χ3n) is 2.93. The zero-order valence-corrected chi connectivity index (χ0v) is 11.4. The van der Waals surface area contributed by atoms with Crippen molar-refractivity contribution in [1.82, 2.24) is 15.1 Å². The van der Waals surface area contributed by atoms with Gasteiger partial charge in [0.25, 0.3) is 5.91 Å². The molecule has 0 unspecified atom stereocenters. The number of hydrogen-bond acceptors (Lipinski definition) is 4. The Labute approximate surface area is 111 Å². The molecular formula is C13H18N4O2. The minimum atomic E-state index is -0.249. The summed E-state index contributed by atoms with van der Waals surface area (Å²) < 4.78 is 6.90. The largest absolute Gasteiger partial charge is 0.465 e. The molecule has 0 bridgehead atoms. The molecule has 0 aliphatic heterocycles. The number of carbonyl (C=O) groups is 1. The highest BCUT2D eigenvalue weighted by Crippen LogP contribution is 2.17. The number of nitrogens with zero attached hydrogens (tertiary/aromatic N) is 2. The zero-order chi connectivity index (χ0) is 14.0. The molecule has 6 nitrogen and oxygen atoms in total. The normalized spacial score (nSPS) is 10.7. The lowest BCUT2D eigenvalue weighted by molar-refractivity contribution is 0.0939. The summed E-state index contributed by atoms with van der Waals surface area (Å²) in [6, 6.07) is 3.69. The quantitative estimate of drug-likeness (QED) is 0.872. The highest BCUT2D eigenvalue weighted by molar-refractivity contribution is 5.97. The topological polar surface area (TPSA) is 86.1 Å². The van der Waals surface area contributed by atoms with E-state index in [2.05, 4.69) is 10.4 Å². The number of hydrogen-bond donors (Lipinski definition) is 2. The highest BCUT2D eigenvalue weighted by Gasteiger charge is 2.18. The molecule has 19 heavy (non-hydrogen) atoms. The molecule has 0 aliphatic rings. The summed E-state index contributed by atoms with van der Waals surface area (Å²) in [5.41, 5.74) is 7.49. The molecule has 0 fully saturated rings. The summed E-state index contributed by atoms with van der Waals surface area (Å²) in [5.74, 6) is 1.28. The van der Waals surface area contributed by atoms with Gasteiger partial charge in [0, 0.05) is 7.05 Å². The molecular weight excluding hydrogens is 244 g/mol. The lowest BCUT2D eigenvalue weighted by atomic mass is 10.2. The maximum atomic E-state index is 12.1. The molecule has 0 radical (unpaired) electrons. The van der Waals surface area contributed by atoms with Crippen LogP contribution in [0.15, 0.2) is 16.5 Å². The van der Waals surface area contributed by atoms with Gasteiger partial charge in [-0.3, -0.25) is 9.48 Å². The first kappa shape index (κ1) is 13.2. The number of nitrogens with two attached hydrogens (primary N) is 1. The van der Waals surface area contributed by atoms with Gasteiger partial charge >= 0.3 is 0 Å². The Balaban J connectivity index is 2.10. The van der Waals surface area contributed by atoms with Crippen LogP contribution in [0.1, 0.15) is 34.6 Å². The van der Waals surface area contributed by atoms with E-state index in [1.165, 1.54) is 4.68 Å². The summed E-state index contributed by atoms with van der Waals surface area (Å²) in [7, 11) is 1.71. The summed E-state index contributed by atoms with van der Waals surface area (Å²) in [6.45, 7) is 4.14. The van der Waals surface area contributed by atoms with Crippen molar-refractivity contribution in [3.05, 3.63) is 35.0 Å². The van der Waals surface area contributed by atoms with Crippen molar-refractivity contribution in [2.24, 2.45) is 7.05 Å². The number of anilines is 1. The van der Waals surface area contributed by atoms with E-state index < -0.39 is 0 Å². The molecule has 0 spiro atoms. The first-order valence-electron chi connectivity index (χ1n) is 6.17. The molecule has 0 atom stereocenters. The van der Waals surface area contributed by atoms with Crippen molar-refractivity contribution in [2.45, 2.75) is 26.8 Å². The summed E-state index contributed by atoms with van der Waals surface area (Å²) >= 11 is 0. The summed E-state index contributed by atoms with van der Waals surface area (Å²) in [6.07, 6.45) is 0.699. The number of furan rings is 1. The second-order valence-electron chi connectivity index (χ2n) is 4.38. The van der Waals surface area contributed by atoms with Crippen molar-refractivity contribution >= 4 is 11.6 Å². The van der Waals surface area contributed by atoms with E-state index in [1.807, 2.05) is 26.0 Å². The minimum absolute atomic E-state index is 0.249. The van der Waals surface area contributed by atoms with Crippen molar-refractivity contribution in [3.8, 4) is 0 Å². The molecule has 2 aromatic rings. The van der Waals surface area contributed by atoms with Crippen molar-refractivity contribution in [3.63, 3.8) is 0 Å². The predicted octanol–water partition coefficient (Wildman–Crippen LogP) is 1.40. The third-order valence-corrected chi connectivity index (χ3v) is 2.93. The average molecular weight is 262 g/mol. The van der Waals surface area contributed by atoms with Gasteiger partial charge in [0.15, 0.2) is 0 Å². The SMILES string of the molecule is CCc1nn(C)c(C(=O)NCc2ccc(C)o2)c1N. The van der Waals surface area contributed by atoms with Gasteiger partial charge in [-0.1, -0.05) is 6.92 Å². The molecule has 2 aromatic heterocycles. The fourth-order valence-corrected chi connectivity index (χ4v) is 1.96. The van der Waals surface area contributed by atoms with E-state index in [0.717, 1.165) is 11.5 Å². The Kier molecular flexibility index (Phi) is 3.59. The zero-order valence-electron chi connectivity index (χ0n) is 11.4. The monoisotopic (exact) mass is 262 g/mol. The summed E-state index contributed by atoms with van der Waals surface area (Å²) in [4.78, 5) is 12.1. The van der Waals surface area contributed by atoms with E-state index in [0.29, 0.717) is 30.1 Å². The number of rotatable bonds is 4. The van der Waals surface area contributed by atoms with E-state index in [9.17, 15) is 4.79 Å². The lowest BCUT2D eigenvalue weighted by Crippen LogP contribution is -2.25. The Morgan fingerprint density at radius 2 is 2.26 bits per heavy atom. The lowest BCUT2D eigenvalue weighted by Gasteiger charge is -2.04. The molecule has 102 valence electrons. The smallest absolute Gasteiger partial charge is 0.272 e. The molecule has 0 aromatic carbocycles. The Morgan fingerprint density at radius 1 is 1.53 bits per heavy atom. The van der Waals surface area contributed by atoms with Crippen LogP contribution < -0.4 is 11.1 Å².